The molecule has 0 unspecified atom stereocenters. The standard InChI is InChI=1S/Cu.2Fe.H2O.3O/h;;;1H2;;;/q3*+2;;3*-2. The zero-order valence-electron chi connectivity index (χ0n) is 2.73. The van der Waals surface area contributed by atoms with Gasteiger partial charge in [-0.15, -0.1) is 0 Å². The van der Waals surface area contributed by atoms with Gasteiger partial charge in [0.1, 0.15) is 0 Å². The summed E-state index contributed by atoms with van der Waals surface area (Å²) in [6.45, 7) is 0. The average molecular weight is 241 g/mol. The smallest absolute Gasteiger partial charge is 2.00 e. The Kier molecular flexibility index (Phi) is 5200. The summed E-state index contributed by atoms with van der Waals surface area (Å²) < 4.78 is 0. The molecule has 0 amide bonds. The minimum absolute atomic E-state index is 0. The first-order valence-electron chi connectivity index (χ1n) is 0. The van der Waals surface area contributed by atoms with Gasteiger partial charge in [0.15, 0.2) is 0 Å². The van der Waals surface area contributed by atoms with E-state index in [1.54, 1.807) is 0 Å². The van der Waals surface area contributed by atoms with Crippen molar-refractivity contribution in [2.45, 2.75) is 0 Å². The topological polar surface area (TPSA) is 117 Å². The molecule has 1 radical (unpaired) electrons. The number of rotatable bonds is 0. The molecule has 0 atom stereocenters. The van der Waals surface area contributed by atoms with E-state index in [9.17, 15) is 0 Å². The predicted octanol–water partition coefficient (Wildman–Crippen LogP) is -1.19. The van der Waals surface area contributed by atoms with E-state index in [2.05, 4.69) is 0 Å². The zero-order valence-corrected chi connectivity index (χ0v) is 5.88. The van der Waals surface area contributed by atoms with Gasteiger partial charge < -0.3 is 21.9 Å². The van der Waals surface area contributed by atoms with Gasteiger partial charge in [-0.1, -0.05) is 0 Å². The Hall–Kier alpha value is 1.40. The van der Waals surface area contributed by atoms with Crippen LogP contribution in [0, 0.1) is 0 Å². The van der Waals surface area contributed by atoms with Crippen molar-refractivity contribution in [1.29, 1.82) is 0 Å². The van der Waals surface area contributed by atoms with Crippen molar-refractivity contribution in [3.63, 3.8) is 0 Å². The van der Waals surface area contributed by atoms with Gasteiger partial charge in [-0.05, 0) is 0 Å². The van der Waals surface area contributed by atoms with Gasteiger partial charge in [-0.2, -0.15) is 0 Å². The average Bonchev–Trinajstić information content (AvgIpc) is 0. The fraction of sp³-hybridized carbons (Fsp3) is 0. The molecule has 7 heavy (non-hydrogen) atoms. The molecule has 0 heterocycles. The maximum Gasteiger partial charge on any atom is 2.00 e. The minimum Gasteiger partial charge on any atom is -2.00 e. The molecule has 0 aromatic rings. The van der Waals surface area contributed by atoms with Crippen LogP contribution in [0.2, 0.25) is 0 Å². The van der Waals surface area contributed by atoms with Gasteiger partial charge in [0, 0.05) is 0 Å². The van der Waals surface area contributed by atoms with Crippen LogP contribution < -0.4 is 0 Å². The molecule has 53 valence electrons. The summed E-state index contributed by atoms with van der Waals surface area (Å²) >= 11 is 0. The molecule has 0 saturated carbocycles. The monoisotopic (exact) mass is 241 g/mol. The van der Waals surface area contributed by atoms with Gasteiger partial charge in [0.05, 0.1) is 0 Å². The van der Waals surface area contributed by atoms with E-state index in [4.69, 9.17) is 0 Å². The zero-order chi connectivity index (χ0) is 0. The van der Waals surface area contributed by atoms with Gasteiger partial charge in [-0.25, -0.2) is 0 Å². The van der Waals surface area contributed by atoms with Gasteiger partial charge >= 0.3 is 51.2 Å². The number of hydrogen-bond donors (Lipinski definition) is 0. The van der Waals surface area contributed by atoms with Crippen LogP contribution in [-0.4, -0.2) is 5.48 Å². The van der Waals surface area contributed by atoms with Crippen LogP contribution >= 0.6 is 0 Å². The summed E-state index contributed by atoms with van der Waals surface area (Å²) in [5.41, 5.74) is 0. The van der Waals surface area contributed by atoms with Crippen LogP contribution in [0.1, 0.15) is 0 Å². The maximum atomic E-state index is 0. The molecule has 0 rings (SSSR count). The van der Waals surface area contributed by atoms with E-state index < -0.39 is 0 Å². The summed E-state index contributed by atoms with van der Waals surface area (Å²) in [4.78, 5) is 0. The van der Waals surface area contributed by atoms with Crippen LogP contribution in [0.15, 0.2) is 0 Å². The first kappa shape index (κ1) is 235. The summed E-state index contributed by atoms with van der Waals surface area (Å²) in [5, 5.41) is 0. The maximum absolute atomic E-state index is 0. The minimum atomic E-state index is 0. The van der Waals surface area contributed by atoms with Crippen LogP contribution in [0.5, 0.6) is 0 Å². The van der Waals surface area contributed by atoms with E-state index in [-0.39, 0.29) is 73.1 Å². The Morgan fingerprint density at radius 3 is 0.571 bits per heavy atom. The molecule has 0 aliphatic heterocycles. The largest absolute Gasteiger partial charge is 2.00 e. The predicted molar refractivity (Wildman–Crippen MR) is 5.67 cm³/mol. The molecule has 0 aliphatic carbocycles. The van der Waals surface area contributed by atoms with Crippen molar-refractivity contribution in [2.24, 2.45) is 0 Å². The second-order valence-electron chi connectivity index (χ2n) is 0. The van der Waals surface area contributed by atoms with E-state index in [0.29, 0.717) is 0 Å². The number of hydrogen-bond acceptors (Lipinski definition) is 0. The first-order valence-corrected chi connectivity index (χ1v) is 0. The second kappa shape index (κ2) is 155. The summed E-state index contributed by atoms with van der Waals surface area (Å²) in [6.07, 6.45) is 0. The van der Waals surface area contributed by atoms with E-state index in [0.717, 1.165) is 0 Å². The Balaban J connectivity index is 0. The Bertz CT molecular complexity index is 9.65. The van der Waals surface area contributed by atoms with Crippen molar-refractivity contribution in [3.05, 3.63) is 0 Å². The molecule has 0 bridgehead atoms. The SMILES string of the molecule is O.[Cu+2].[Fe+2].[Fe+2].[O-2].[O-2].[O-2]. The van der Waals surface area contributed by atoms with Crippen molar-refractivity contribution >= 4 is 0 Å². The Morgan fingerprint density at radius 2 is 0.571 bits per heavy atom. The fourth-order valence-corrected chi connectivity index (χ4v) is 0. The molecule has 0 spiro atoms. The van der Waals surface area contributed by atoms with E-state index >= 15 is 0 Å². The van der Waals surface area contributed by atoms with Crippen LogP contribution in [0.25, 0.3) is 0 Å². The molecular formula is H2CuFe2O4. The molecule has 2 N–H and O–H groups in total. The molecular weight excluding hydrogens is 239 g/mol. The van der Waals surface area contributed by atoms with Crippen LogP contribution in [0.3, 0.4) is 0 Å². The third-order valence-electron chi connectivity index (χ3n) is 0. The van der Waals surface area contributed by atoms with Crippen LogP contribution in [-0.2, 0) is 67.6 Å². The van der Waals surface area contributed by atoms with Crippen molar-refractivity contribution in [1.82, 2.24) is 0 Å². The van der Waals surface area contributed by atoms with Crippen molar-refractivity contribution < 1.29 is 73.1 Å². The quantitative estimate of drug-likeness (QED) is 0.474. The van der Waals surface area contributed by atoms with E-state index in [1.807, 2.05) is 0 Å². The summed E-state index contributed by atoms with van der Waals surface area (Å²) in [7, 11) is 0. The second-order valence-corrected chi connectivity index (χ2v) is 0. The summed E-state index contributed by atoms with van der Waals surface area (Å²) in [5.74, 6) is 0. The Labute approximate surface area is 73.1 Å². The molecule has 0 aliphatic rings. The summed E-state index contributed by atoms with van der Waals surface area (Å²) in [6, 6.07) is 0. The van der Waals surface area contributed by atoms with Gasteiger partial charge in [0.2, 0.25) is 0 Å². The Morgan fingerprint density at radius 1 is 0.571 bits per heavy atom. The van der Waals surface area contributed by atoms with Gasteiger partial charge in [0.25, 0.3) is 0 Å². The van der Waals surface area contributed by atoms with Crippen molar-refractivity contribution in [3.8, 4) is 0 Å². The third kappa shape index (κ3) is 110. The van der Waals surface area contributed by atoms with Crippen LogP contribution in [0.4, 0.5) is 0 Å². The molecule has 4 nitrogen and oxygen atoms in total. The first-order chi connectivity index (χ1) is 0. The molecule has 0 saturated heterocycles. The molecule has 0 fully saturated rings. The normalized spacial score (nSPS) is 0. The van der Waals surface area contributed by atoms with Crippen molar-refractivity contribution in [2.75, 3.05) is 0 Å². The molecule has 7 heteroatoms. The van der Waals surface area contributed by atoms with Gasteiger partial charge in [-0.3, -0.25) is 0 Å². The fourth-order valence-electron chi connectivity index (χ4n) is 0. The molecule has 0 aromatic heterocycles. The third-order valence-corrected chi connectivity index (χ3v) is 0. The van der Waals surface area contributed by atoms with E-state index in [1.165, 1.54) is 0 Å². The molecule has 0 aromatic carbocycles.